The second kappa shape index (κ2) is 5.74. The number of hydrogen-bond acceptors (Lipinski definition) is 4. The lowest BCUT2D eigenvalue weighted by Gasteiger charge is -2.56. The molecule has 4 aliphatic carbocycles. The highest BCUT2D eigenvalue weighted by molar-refractivity contribution is 6.33. The summed E-state index contributed by atoms with van der Waals surface area (Å²) >= 11 is 6.43. The van der Waals surface area contributed by atoms with Gasteiger partial charge in [0.15, 0.2) is 0 Å². The topological polar surface area (TPSA) is 67.2 Å². The molecule has 6 heteroatoms. The van der Waals surface area contributed by atoms with Gasteiger partial charge in [-0.05, 0) is 68.4 Å². The quantitative estimate of drug-likeness (QED) is 0.845. The van der Waals surface area contributed by atoms with Crippen molar-refractivity contribution in [1.29, 1.82) is 0 Å². The molecule has 2 N–H and O–H groups in total. The van der Waals surface area contributed by atoms with Gasteiger partial charge in [-0.3, -0.25) is 4.79 Å². The summed E-state index contributed by atoms with van der Waals surface area (Å²) in [6, 6.07) is 6.72. The van der Waals surface area contributed by atoms with Gasteiger partial charge in [-0.25, -0.2) is 4.68 Å². The maximum absolute atomic E-state index is 13.0. The molecule has 4 fully saturated rings. The van der Waals surface area contributed by atoms with Crippen LogP contribution >= 0.6 is 11.6 Å². The summed E-state index contributed by atoms with van der Waals surface area (Å²) < 4.78 is 1.69. The highest BCUT2D eigenvalue weighted by Crippen LogP contribution is 2.58. The molecule has 136 valence electrons. The van der Waals surface area contributed by atoms with Crippen LogP contribution in [-0.4, -0.2) is 14.9 Å². The molecule has 0 radical (unpaired) electrons. The van der Waals surface area contributed by atoms with Gasteiger partial charge in [0, 0.05) is 11.8 Å². The minimum absolute atomic E-state index is 0.140. The third-order valence-corrected chi connectivity index (χ3v) is 6.86. The zero-order valence-corrected chi connectivity index (χ0v) is 15.2. The molecule has 26 heavy (non-hydrogen) atoms. The van der Waals surface area contributed by atoms with Gasteiger partial charge in [-0.1, -0.05) is 17.7 Å². The third-order valence-electron chi connectivity index (χ3n) is 6.50. The maximum Gasteiger partial charge on any atom is 0.288 e. The lowest BCUT2D eigenvalue weighted by molar-refractivity contribution is -0.0518. The van der Waals surface area contributed by atoms with E-state index in [1.54, 1.807) is 35.1 Å². The van der Waals surface area contributed by atoms with E-state index in [4.69, 9.17) is 11.6 Å². The molecule has 0 unspecified atom stereocenters. The van der Waals surface area contributed by atoms with Gasteiger partial charge in [0.05, 0.1) is 17.4 Å². The molecule has 4 aliphatic rings. The van der Waals surface area contributed by atoms with Crippen molar-refractivity contribution in [3.05, 3.63) is 45.8 Å². The third kappa shape index (κ3) is 2.52. The first-order valence-corrected chi connectivity index (χ1v) is 9.75. The minimum atomic E-state index is -0.209. The van der Waals surface area contributed by atoms with Crippen molar-refractivity contribution < 1.29 is 5.11 Å². The monoisotopic (exact) mass is 371 g/mol. The number of nitrogens with one attached hydrogen (secondary N) is 1. The molecule has 4 saturated carbocycles. The number of benzene rings is 1. The van der Waals surface area contributed by atoms with E-state index in [-0.39, 0.29) is 21.9 Å². The SMILES string of the molecule is O=c1c(Cl)c(Nc2cccc(O)c2)cnn1C12CC3CC(CC(C3)C1)C2. The number of aromatic hydroxyl groups is 1. The molecule has 5 nitrogen and oxygen atoms in total. The fourth-order valence-electron chi connectivity index (χ4n) is 5.92. The molecule has 0 amide bonds. The Balaban J connectivity index is 1.50. The van der Waals surface area contributed by atoms with Gasteiger partial charge < -0.3 is 10.4 Å². The number of hydrogen-bond donors (Lipinski definition) is 2. The smallest absolute Gasteiger partial charge is 0.288 e. The van der Waals surface area contributed by atoms with Crippen molar-refractivity contribution >= 4 is 23.0 Å². The van der Waals surface area contributed by atoms with E-state index >= 15 is 0 Å². The molecule has 1 aromatic carbocycles. The molecule has 0 saturated heterocycles. The number of aromatic nitrogens is 2. The van der Waals surface area contributed by atoms with Crippen LogP contribution in [0.25, 0.3) is 0 Å². The normalized spacial score (nSPS) is 32.0. The van der Waals surface area contributed by atoms with Crippen molar-refractivity contribution in [2.24, 2.45) is 17.8 Å². The van der Waals surface area contributed by atoms with Crippen molar-refractivity contribution in [3.63, 3.8) is 0 Å². The largest absolute Gasteiger partial charge is 0.508 e. The second-order valence-corrected chi connectivity index (χ2v) is 8.78. The second-order valence-electron chi connectivity index (χ2n) is 8.41. The van der Waals surface area contributed by atoms with Crippen molar-refractivity contribution in [2.45, 2.75) is 44.1 Å². The summed E-state index contributed by atoms with van der Waals surface area (Å²) in [5, 5.41) is 17.4. The van der Waals surface area contributed by atoms with Crippen LogP contribution < -0.4 is 10.9 Å². The Morgan fingerprint density at radius 1 is 1.15 bits per heavy atom. The molecule has 0 aliphatic heterocycles. The molecule has 0 spiro atoms. The first-order chi connectivity index (χ1) is 12.5. The van der Waals surface area contributed by atoms with Gasteiger partial charge in [-0.15, -0.1) is 0 Å². The summed E-state index contributed by atoms with van der Waals surface area (Å²) in [5.74, 6) is 2.36. The molecular formula is C20H22ClN3O2. The standard InChI is InChI=1S/C20H22ClN3O2/c21-18-17(23-15-2-1-3-16(25)7-15)11-22-24(19(18)26)20-8-12-4-13(9-20)6-14(5-12)10-20/h1-3,7,11-14,23,25H,4-6,8-10H2. The summed E-state index contributed by atoms with van der Waals surface area (Å²) in [5.41, 5.74) is 0.793. The van der Waals surface area contributed by atoms with Crippen LogP contribution in [0.1, 0.15) is 38.5 Å². The average molecular weight is 372 g/mol. The Hall–Kier alpha value is -2.01. The van der Waals surface area contributed by atoms with Crippen LogP contribution in [0.4, 0.5) is 11.4 Å². The highest BCUT2D eigenvalue weighted by Gasteiger charge is 2.53. The number of phenolic OH excluding ortho intramolecular Hbond substituents is 1. The zero-order valence-electron chi connectivity index (χ0n) is 14.5. The summed E-state index contributed by atoms with van der Waals surface area (Å²) in [6.07, 6.45) is 8.77. The Morgan fingerprint density at radius 3 is 2.42 bits per heavy atom. The van der Waals surface area contributed by atoms with Crippen LogP contribution in [-0.2, 0) is 5.54 Å². The molecule has 6 rings (SSSR count). The van der Waals surface area contributed by atoms with Crippen LogP contribution in [0, 0.1) is 17.8 Å². The van der Waals surface area contributed by atoms with Crippen molar-refractivity contribution in [1.82, 2.24) is 9.78 Å². The number of anilines is 2. The van der Waals surface area contributed by atoms with E-state index in [0.717, 1.165) is 37.0 Å². The minimum Gasteiger partial charge on any atom is -0.508 e. The van der Waals surface area contributed by atoms with E-state index in [9.17, 15) is 9.90 Å². The van der Waals surface area contributed by atoms with E-state index in [1.165, 1.54) is 19.3 Å². The van der Waals surface area contributed by atoms with E-state index in [1.807, 2.05) is 0 Å². The van der Waals surface area contributed by atoms with Crippen molar-refractivity contribution in [2.75, 3.05) is 5.32 Å². The van der Waals surface area contributed by atoms with Gasteiger partial charge in [0.1, 0.15) is 10.8 Å². The highest BCUT2D eigenvalue weighted by atomic mass is 35.5. The fourth-order valence-corrected chi connectivity index (χ4v) is 6.10. The van der Waals surface area contributed by atoms with Gasteiger partial charge >= 0.3 is 0 Å². The van der Waals surface area contributed by atoms with Crippen LogP contribution in [0.2, 0.25) is 5.02 Å². The van der Waals surface area contributed by atoms with Gasteiger partial charge in [-0.2, -0.15) is 5.10 Å². The van der Waals surface area contributed by atoms with Gasteiger partial charge in [0.2, 0.25) is 0 Å². The van der Waals surface area contributed by atoms with Gasteiger partial charge in [0.25, 0.3) is 5.56 Å². The van der Waals surface area contributed by atoms with E-state index in [0.29, 0.717) is 11.4 Å². The van der Waals surface area contributed by atoms with Crippen LogP contribution in [0.5, 0.6) is 5.75 Å². The molecule has 2 aromatic rings. The molecule has 1 heterocycles. The fraction of sp³-hybridized carbons (Fsp3) is 0.500. The Kier molecular flexibility index (Phi) is 3.58. The molecule has 4 bridgehead atoms. The molecule has 0 atom stereocenters. The number of rotatable bonds is 3. The Labute approximate surface area is 157 Å². The van der Waals surface area contributed by atoms with Crippen LogP contribution in [0.3, 0.4) is 0 Å². The Morgan fingerprint density at radius 2 is 1.81 bits per heavy atom. The summed E-state index contributed by atoms with van der Waals surface area (Å²) in [6.45, 7) is 0. The number of nitrogens with zero attached hydrogens (tertiary/aromatic N) is 2. The summed E-state index contributed by atoms with van der Waals surface area (Å²) in [4.78, 5) is 13.0. The number of phenols is 1. The lowest BCUT2D eigenvalue weighted by Crippen LogP contribution is -2.55. The first kappa shape index (κ1) is 16.2. The number of halogens is 1. The van der Waals surface area contributed by atoms with Crippen molar-refractivity contribution in [3.8, 4) is 5.75 Å². The predicted molar refractivity (Wildman–Crippen MR) is 101 cm³/mol. The van der Waals surface area contributed by atoms with E-state index in [2.05, 4.69) is 10.4 Å². The van der Waals surface area contributed by atoms with E-state index < -0.39 is 0 Å². The maximum atomic E-state index is 13.0. The Bertz CT molecular complexity index is 888. The summed E-state index contributed by atoms with van der Waals surface area (Å²) in [7, 11) is 0. The molecule has 1 aromatic heterocycles. The predicted octanol–water partition coefficient (Wildman–Crippen LogP) is 4.27. The lowest BCUT2D eigenvalue weighted by atomic mass is 9.53. The molecular weight excluding hydrogens is 350 g/mol. The first-order valence-electron chi connectivity index (χ1n) is 9.37. The zero-order chi connectivity index (χ0) is 17.9. The van der Waals surface area contributed by atoms with Crippen LogP contribution in [0.15, 0.2) is 35.3 Å². The average Bonchev–Trinajstić information content (AvgIpc) is 2.58.